The number of nitrogens with two attached hydrogens (primary N) is 1. The van der Waals surface area contributed by atoms with Crippen molar-refractivity contribution in [1.82, 2.24) is 4.98 Å². The van der Waals surface area contributed by atoms with Gasteiger partial charge in [-0.15, -0.1) is 0 Å². The standard InChI is InChI=1S/C10H17N3/c1-4-12-10-6-5-9(7(2)11)13-8(10)3/h5-7,12H,4,11H2,1-3H3/t7-/m1/s1. The van der Waals surface area contributed by atoms with E-state index in [2.05, 4.69) is 17.2 Å². The van der Waals surface area contributed by atoms with Crippen molar-refractivity contribution >= 4 is 5.69 Å². The zero-order valence-electron chi connectivity index (χ0n) is 8.46. The summed E-state index contributed by atoms with van der Waals surface area (Å²) in [6, 6.07) is 4.01. The van der Waals surface area contributed by atoms with Crippen LogP contribution in [0.1, 0.15) is 31.3 Å². The summed E-state index contributed by atoms with van der Waals surface area (Å²) in [6.45, 7) is 6.91. The van der Waals surface area contributed by atoms with Gasteiger partial charge in [0.2, 0.25) is 0 Å². The van der Waals surface area contributed by atoms with Gasteiger partial charge in [-0.05, 0) is 32.9 Å². The highest BCUT2D eigenvalue weighted by Crippen LogP contribution is 2.15. The van der Waals surface area contributed by atoms with Gasteiger partial charge in [0, 0.05) is 12.6 Å². The van der Waals surface area contributed by atoms with Crippen LogP contribution in [0.2, 0.25) is 0 Å². The SMILES string of the molecule is CCNc1ccc([C@@H](C)N)nc1C. The summed E-state index contributed by atoms with van der Waals surface area (Å²) >= 11 is 0. The van der Waals surface area contributed by atoms with Crippen molar-refractivity contribution in [2.45, 2.75) is 26.8 Å². The lowest BCUT2D eigenvalue weighted by molar-refractivity contribution is 0.776. The van der Waals surface area contributed by atoms with Crippen molar-refractivity contribution in [3.05, 3.63) is 23.5 Å². The van der Waals surface area contributed by atoms with Gasteiger partial charge in [0.15, 0.2) is 0 Å². The molecule has 0 saturated heterocycles. The average molecular weight is 179 g/mol. The van der Waals surface area contributed by atoms with E-state index in [1.807, 2.05) is 26.0 Å². The van der Waals surface area contributed by atoms with Crippen LogP contribution in [-0.2, 0) is 0 Å². The van der Waals surface area contributed by atoms with Gasteiger partial charge in [0.05, 0.1) is 17.1 Å². The van der Waals surface area contributed by atoms with Gasteiger partial charge in [0.1, 0.15) is 0 Å². The van der Waals surface area contributed by atoms with Gasteiger partial charge >= 0.3 is 0 Å². The van der Waals surface area contributed by atoms with Crippen LogP contribution < -0.4 is 11.1 Å². The van der Waals surface area contributed by atoms with Gasteiger partial charge < -0.3 is 11.1 Å². The maximum absolute atomic E-state index is 5.72. The minimum atomic E-state index is 0.00868. The van der Waals surface area contributed by atoms with Crippen LogP contribution >= 0.6 is 0 Å². The van der Waals surface area contributed by atoms with Crippen molar-refractivity contribution in [1.29, 1.82) is 0 Å². The predicted octanol–water partition coefficient (Wildman–Crippen LogP) is 1.84. The number of anilines is 1. The molecule has 1 aromatic rings. The molecule has 0 amide bonds. The Morgan fingerprint density at radius 3 is 2.69 bits per heavy atom. The van der Waals surface area contributed by atoms with E-state index < -0.39 is 0 Å². The van der Waals surface area contributed by atoms with Crippen molar-refractivity contribution in [2.75, 3.05) is 11.9 Å². The van der Waals surface area contributed by atoms with E-state index >= 15 is 0 Å². The van der Waals surface area contributed by atoms with Crippen molar-refractivity contribution in [3.8, 4) is 0 Å². The molecule has 0 aliphatic heterocycles. The number of nitrogens with one attached hydrogen (secondary N) is 1. The van der Waals surface area contributed by atoms with Crippen molar-refractivity contribution < 1.29 is 0 Å². The molecular formula is C10H17N3. The Morgan fingerprint density at radius 2 is 2.23 bits per heavy atom. The van der Waals surface area contributed by atoms with Crippen molar-refractivity contribution in [2.24, 2.45) is 5.73 Å². The average Bonchev–Trinajstić information content (AvgIpc) is 2.08. The number of nitrogens with zero attached hydrogens (tertiary/aromatic N) is 1. The highest BCUT2D eigenvalue weighted by molar-refractivity contribution is 5.47. The minimum Gasteiger partial charge on any atom is -0.384 e. The summed E-state index contributed by atoms with van der Waals surface area (Å²) in [6.07, 6.45) is 0. The molecule has 0 bridgehead atoms. The molecule has 1 rings (SSSR count). The Labute approximate surface area is 79.4 Å². The third kappa shape index (κ3) is 2.42. The van der Waals surface area contributed by atoms with Gasteiger partial charge in [-0.3, -0.25) is 4.98 Å². The first-order valence-electron chi connectivity index (χ1n) is 4.62. The highest BCUT2D eigenvalue weighted by Gasteiger charge is 2.03. The maximum Gasteiger partial charge on any atom is 0.0607 e. The molecule has 0 aliphatic carbocycles. The normalized spacial score (nSPS) is 12.6. The van der Waals surface area contributed by atoms with Crippen molar-refractivity contribution in [3.63, 3.8) is 0 Å². The Morgan fingerprint density at radius 1 is 1.54 bits per heavy atom. The molecule has 13 heavy (non-hydrogen) atoms. The topological polar surface area (TPSA) is 50.9 Å². The lowest BCUT2D eigenvalue weighted by atomic mass is 10.2. The second-order valence-electron chi connectivity index (χ2n) is 3.19. The molecule has 1 atom stereocenters. The summed E-state index contributed by atoms with van der Waals surface area (Å²) < 4.78 is 0. The van der Waals surface area contributed by atoms with Crippen LogP contribution in [0.15, 0.2) is 12.1 Å². The van der Waals surface area contributed by atoms with Crippen LogP contribution in [0.4, 0.5) is 5.69 Å². The first-order chi connectivity index (χ1) is 6.15. The van der Waals surface area contributed by atoms with Gasteiger partial charge in [0.25, 0.3) is 0 Å². The number of hydrogen-bond acceptors (Lipinski definition) is 3. The molecule has 3 N–H and O–H groups in total. The summed E-state index contributed by atoms with van der Waals surface area (Å²) in [5.74, 6) is 0. The summed E-state index contributed by atoms with van der Waals surface area (Å²) in [5, 5.41) is 3.24. The molecule has 0 saturated carbocycles. The van der Waals surface area contributed by atoms with Crippen LogP contribution in [0.25, 0.3) is 0 Å². The fourth-order valence-electron chi connectivity index (χ4n) is 1.21. The molecule has 0 spiro atoms. The highest BCUT2D eigenvalue weighted by atomic mass is 14.9. The van der Waals surface area contributed by atoms with E-state index in [0.717, 1.165) is 23.6 Å². The summed E-state index contributed by atoms with van der Waals surface area (Å²) in [7, 11) is 0. The van der Waals surface area contributed by atoms with E-state index in [1.54, 1.807) is 0 Å². The first kappa shape index (κ1) is 9.99. The molecule has 0 fully saturated rings. The number of aryl methyl sites for hydroxylation is 1. The smallest absolute Gasteiger partial charge is 0.0607 e. The lowest BCUT2D eigenvalue weighted by Gasteiger charge is -2.10. The molecule has 1 aromatic heterocycles. The molecular weight excluding hydrogens is 162 g/mol. The Balaban J connectivity index is 2.92. The van der Waals surface area contributed by atoms with Gasteiger partial charge in [-0.1, -0.05) is 0 Å². The summed E-state index contributed by atoms with van der Waals surface area (Å²) in [4.78, 5) is 4.40. The molecule has 72 valence electrons. The number of pyridine rings is 1. The third-order valence-corrected chi connectivity index (χ3v) is 1.94. The maximum atomic E-state index is 5.72. The zero-order valence-corrected chi connectivity index (χ0v) is 8.46. The molecule has 1 heterocycles. The number of hydrogen-bond donors (Lipinski definition) is 2. The van der Waals surface area contributed by atoms with E-state index in [1.165, 1.54) is 0 Å². The monoisotopic (exact) mass is 179 g/mol. The van der Waals surface area contributed by atoms with E-state index in [0.29, 0.717) is 0 Å². The Hall–Kier alpha value is -1.09. The second kappa shape index (κ2) is 4.23. The van der Waals surface area contributed by atoms with Crippen LogP contribution in [0, 0.1) is 6.92 Å². The lowest BCUT2D eigenvalue weighted by Crippen LogP contribution is -2.09. The van der Waals surface area contributed by atoms with Crippen LogP contribution in [0.3, 0.4) is 0 Å². The van der Waals surface area contributed by atoms with Gasteiger partial charge in [-0.25, -0.2) is 0 Å². The Kier molecular flexibility index (Phi) is 3.25. The number of aromatic nitrogens is 1. The zero-order chi connectivity index (χ0) is 9.84. The van der Waals surface area contributed by atoms with E-state index in [4.69, 9.17) is 5.73 Å². The molecule has 3 heteroatoms. The molecule has 3 nitrogen and oxygen atoms in total. The van der Waals surface area contributed by atoms with Crippen LogP contribution in [0.5, 0.6) is 0 Å². The van der Waals surface area contributed by atoms with Crippen LogP contribution in [-0.4, -0.2) is 11.5 Å². The summed E-state index contributed by atoms with van der Waals surface area (Å²) in [5.41, 5.74) is 8.77. The van der Waals surface area contributed by atoms with E-state index in [9.17, 15) is 0 Å². The van der Waals surface area contributed by atoms with Gasteiger partial charge in [-0.2, -0.15) is 0 Å². The molecule has 0 aliphatic rings. The fourth-order valence-corrected chi connectivity index (χ4v) is 1.21. The predicted molar refractivity (Wildman–Crippen MR) is 55.7 cm³/mol. The fraction of sp³-hybridized carbons (Fsp3) is 0.500. The quantitative estimate of drug-likeness (QED) is 0.744. The second-order valence-corrected chi connectivity index (χ2v) is 3.19. The number of rotatable bonds is 3. The first-order valence-corrected chi connectivity index (χ1v) is 4.62. The minimum absolute atomic E-state index is 0.00868. The van der Waals surface area contributed by atoms with E-state index in [-0.39, 0.29) is 6.04 Å². The third-order valence-electron chi connectivity index (χ3n) is 1.94. The largest absolute Gasteiger partial charge is 0.384 e. The molecule has 0 radical (unpaired) electrons. The molecule has 0 aromatic carbocycles. The Bertz CT molecular complexity index is 281. The molecule has 0 unspecified atom stereocenters.